The topological polar surface area (TPSA) is 71.1 Å². The Hall–Kier alpha value is -3.06. The van der Waals surface area contributed by atoms with Crippen LogP contribution in [0, 0.1) is 6.92 Å². The molecule has 0 saturated heterocycles. The van der Waals surface area contributed by atoms with Crippen molar-refractivity contribution in [1.29, 1.82) is 0 Å². The molecule has 0 unspecified atom stereocenters. The SMILES string of the molecule is COc1cccc(NC(=O)CN(C)C(=O)CN(C)CCOc2ccccc2C)c1. The van der Waals surface area contributed by atoms with Crippen LogP contribution in [0.2, 0.25) is 0 Å². The van der Waals surface area contributed by atoms with Crippen molar-refractivity contribution in [3.63, 3.8) is 0 Å². The lowest BCUT2D eigenvalue weighted by Gasteiger charge is -2.22. The van der Waals surface area contributed by atoms with Crippen molar-refractivity contribution < 1.29 is 19.1 Å². The molecule has 29 heavy (non-hydrogen) atoms. The zero-order valence-electron chi connectivity index (χ0n) is 17.5. The fraction of sp³-hybridized carbons (Fsp3) is 0.364. The molecule has 0 saturated carbocycles. The first-order chi connectivity index (χ1) is 13.9. The zero-order valence-corrected chi connectivity index (χ0v) is 17.5. The Kier molecular flexibility index (Phi) is 8.48. The van der Waals surface area contributed by atoms with Crippen LogP contribution in [0.5, 0.6) is 11.5 Å². The molecular formula is C22H29N3O4. The van der Waals surface area contributed by atoms with Gasteiger partial charge in [-0.1, -0.05) is 24.3 Å². The normalized spacial score (nSPS) is 10.5. The molecule has 0 bridgehead atoms. The average molecular weight is 399 g/mol. The van der Waals surface area contributed by atoms with Gasteiger partial charge in [0, 0.05) is 25.3 Å². The summed E-state index contributed by atoms with van der Waals surface area (Å²) >= 11 is 0. The molecule has 7 nitrogen and oxygen atoms in total. The number of likely N-dealkylation sites (N-methyl/N-ethyl adjacent to an activating group) is 2. The summed E-state index contributed by atoms with van der Waals surface area (Å²) in [5.74, 6) is 1.10. The highest BCUT2D eigenvalue weighted by Crippen LogP contribution is 2.17. The quantitative estimate of drug-likeness (QED) is 0.664. The van der Waals surface area contributed by atoms with Crippen LogP contribution in [0.15, 0.2) is 48.5 Å². The van der Waals surface area contributed by atoms with Gasteiger partial charge < -0.3 is 19.7 Å². The van der Waals surface area contributed by atoms with Gasteiger partial charge in [-0.25, -0.2) is 0 Å². The van der Waals surface area contributed by atoms with E-state index >= 15 is 0 Å². The predicted octanol–water partition coefficient (Wildman–Crippen LogP) is 2.41. The first kappa shape index (κ1) is 22.2. The van der Waals surface area contributed by atoms with E-state index < -0.39 is 0 Å². The van der Waals surface area contributed by atoms with Gasteiger partial charge in [0.1, 0.15) is 18.1 Å². The number of hydrogen-bond acceptors (Lipinski definition) is 5. The van der Waals surface area contributed by atoms with Crippen LogP contribution in [-0.2, 0) is 9.59 Å². The lowest BCUT2D eigenvalue weighted by Crippen LogP contribution is -2.41. The van der Waals surface area contributed by atoms with Crippen molar-refractivity contribution in [2.45, 2.75) is 6.92 Å². The molecule has 1 N–H and O–H groups in total. The molecule has 0 aliphatic carbocycles. The highest BCUT2D eigenvalue weighted by Gasteiger charge is 2.15. The van der Waals surface area contributed by atoms with Crippen LogP contribution in [0.4, 0.5) is 5.69 Å². The minimum absolute atomic E-state index is 0.0242. The second-order valence-corrected chi connectivity index (χ2v) is 6.88. The molecule has 156 valence electrons. The van der Waals surface area contributed by atoms with Crippen LogP contribution in [0.1, 0.15) is 5.56 Å². The third kappa shape index (κ3) is 7.46. The number of nitrogens with zero attached hydrogens (tertiary/aromatic N) is 2. The van der Waals surface area contributed by atoms with Gasteiger partial charge in [0.15, 0.2) is 0 Å². The minimum atomic E-state index is -0.264. The summed E-state index contributed by atoms with van der Waals surface area (Å²) in [4.78, 5) is 27.8. The van der Waals surface area contributed by atoms with Crippen molar-refractivity contribution in [2.75, 3.05) is 52.8 Å². The highest BCUT2D eigenvalue weighted by molar-refractivity contribution is 5.94. The molecule has 0 atom stereocenters. The van der Waals surface area contributed by atoms with E-state index in [2.05, 4.69) is 5.32 Å². The molecule has 0 aromatic heterocycles. The number of benzene rings is 2. The molecule has 0 spiro atoms. The maximum Gasteiger partial charge on any atom is 0.243 e. The number of aryl methyl sites for hydroxylation is 1. The molecule has 0 aliphatic heterocycles. The van der Waals surface area contributed by atoms with E-state index in [1.807, 2.05) is 43.1 Å². The predicted molar refractivity (Wildman–Crippen MR) is 113 cm³/mol. The molecule has 2 aromatic carbocycles. The van der Waals surface area contributed by atoms with Crippen LogP contribution in [0.3, 0.4) is 0 Å². The van der Waals surface area contributed by atoms with Crippen molar-refractivity contribution in [1.82, 2.24) is 9.80 Å². The largest absolute Gasteiger partial charge is 0.497 e. The fourth-order valence-electron chi connectivity index (χ4n) is 2.67. The number of amides is 2. The molecule has 0 fully saturated rings. The Morgan fingerprint density at radius 1 is 1.03 bits per heavy atom. The van der Waals surface area contributed by atoms with Crippen molar-refractivity contribution >= 4 is 17.5 Å². The van der Waals surface area contributed by atoms with E-state index in [1.54, 1.807) is 38.4 Å². The third-order valence-electron chi connectivity index (χ3n) is 4.39. The molecule has 2 amide bonds. The second kappa shape index (κ2) is 11.1. The lowest BCUT2D eigenvalue weighted by atomic mass is 10.2. The maximum absolute atomic E-state index is 12.4. The van der Waals surface area contributed by atoms with Gasteiger partial charge in [0.05, 0.1) is 20.2 Å². The number of carbonyl (C=O) groups excluding carboxylic acids is 2. The summed E-state index contributed by atoms with van der Waals surface area (Å²) in [5, 5.41) is 2.77. The Balaban J connectivity index is 1.73. The third-order valence-corrected chi connectivity index (χ3v) is 4.39. The van der Waals surface area contributed by atoms with Gasteiger partial charge >= 0.3 is 0 Å². The Morgan fingerprint density at radius 3 is 2.52 bits per heavy atom. The molecule has 0 radical (unpaired) electrons. The Bertz CT molecular complexity index is 825. The molecule has 2 aromatic rings. The van der Waals surface area contributed by atoms with Crippen LogP contribution >= 0.6 is 0 Å². The van der Waals surface area contributed by atoms with E-state index in [0.717, 1.165) is 11.3 Å². The van der Waals surface area contributed by atoms with E-state index in [0.29, 0.717) is 24.6 Å². The van der Waals surface area contributed by atoms with E-state index in [-0.39, 0.29) is 24.9 Å². The first-order valence-electron chi connectivity index (χ1n) is 9.44. The standard InChI is InChI=1S/C22H29N3O4/c1-17-8-5-6-11-20(17)29-13-12-24(2)16-22(27)25(3)15-21(26)23-18-9-7-10-19(14-18)28-4/h5-11,14H,12-13,15-16H2,1-4H3,(H,23,26). The van der Waals surface area contributed by atoms with E-state index in [1.165, 1.54) is 4.90 Å². The first-order valence-corrected chi connectivity index (χ1v) is 9.44. The Labute approximate surface area is 172 Å². The highest BCUT2D eigenvalue weighted by atomic mass is 16.5. The number of hydrogen-bond donors (Lipinski definition) is 1. The van der Waals surface area contributed by atoms with Gasteiger partial charge in [-0.2, -0.15) is 0 Å². The number of carbonyl (C=O) groups is 2. The lowest BCUT2D eigenvalue weighted by molar-refractivity contribution is -0.134. The van der Waals surface area contributed by atoms with Gasteiger partial charge in [-0.05, 0) is 37.7 Å². The molecule has 0 aliphatic rings. The van der Waals surface area contributed by atoms with Gasteiger partial charge in [0.25, 0.3) is 0 Å². The number of nitrogens with one attached hydrogen (secondary N) is 1. The van der Waals surface area contributed by atoms with Gasteiger partial charge in [0.2, 0.25) is 11.8 Å². The van der Waals surface area contributed by atoms with Crippen molar-refractivity contribution in [3.8, 4) is 11.5 Å². The van der Waals surface area contributed by atoms with E-state index in [4.69, 9.17) is 9.47 Å². The molecule has 2 rings (SSSR count). The van der Waals surface area contributed by atoms with Crippen LogP contribution in [0.25, 0.3) is 0 Å². The number of methoxy groups -OCH3 is 1. The van der Waals surface area contributed by atoms with Crippen LogP contribution in [-0.4, -0.2) is 69.1 Å². The summed E-state index contributed by atoms with van der Waals surface area (Å²) in [6.45, 7) is 3.26. The molecule has 0 heterocycles. The van der Waals surface area contributed by atoms with Crippen molar-refractivity contribution in [3.05, 3.63) is 54.1 Å². The number of ether oxygens (including phenoxy) is 2. The minimum Gasteiger partial charge on any atom is -0.497 e. The van der Waals surface area contributed by atoms with Crippen molar-refractivity contribution in [2.24, 2.45) is 0 Å². The van der Waals surface area contributed by atoms with Crippen LogP contribution < -0.4 is 14.8 Å². The van der Waals surface area contributed by atoms with Gasteiger partial charge in [-0.3, -0.25) is 14.5 Å². The monoisotopic (exact) mass is 399 g/mol. The maximum atomic E-state index is 12.4. The number of rotatable bonds is 10. The summed E-state index contributed by atoms with van der Waals surface area (Å²) < 4.78 is 10.9. The second-order valence-electron chi connectivity index (χ2n) is 6.88. The van der Waals surface area contributed by atoms with Gasteiger partial charge in [-0.15, -0.1) is 0 Å². The smallest absolute Gasteiger partial charge is 0.243 e. The fourth-order valence-corrected chi connectivity index (χ4v) is 2.67. The summed E-state index contributed by atoms with van der Waals surface area (Å²) in [7, 11) is 5.03. The summed E-state index contributed by atoms with van der Waals surface area (Å²) in [6, 6.07) is 14.9. The Morgan fingerprint density at radius 2 is 1.79 bits per heavy atom. The van der Waals surface area contributed by atoms with E-state index in [9.17, 15) is 9.59 Å². The number of anilines is 1. The number of para-hydroxylation sites is 1. The summed E-state index contributed by atoms with van der Waals surface area (Å²) in [5.41, 5.74) is 1.70. The summed E-state index contributed by atoms with van der Waals surface area (Å²) in [6.07, 6.45) is 0. The average Bonchev–Trinajstić information content (AvgIpc) is 2.69. The zero-order chi connectivity index (χ0) is 21.2. The molecule has 7 heteroatoms. The molecular weight excluding hydrogens is 370 g/mol.